The van der Waals surface area contributed by atoms with Crippen LogP contribution in [0.15, 0.2) is 24.3 Å². The first kappa shape index (κ1) is 17.6. The van der Waals surface area contributed by atoms with Crippen molar-refractivity contribution in [3.63, 3.8) is 0 Å². The third kappa shape index (κ3) is 5.43. The van der Waals surface area contributed by atoms with Gasteiger partial charge in [-0.1, -0.05) is 12.1 Å². The Bertz CT molecular complexity index is 528. The molecule has 1 aromatic rings. The number of carbonyl (C=O) groups excluding carboxylic acids is 1. The summed E-state index contributed by atoms with van der Waals surface area (Å²) in [5.41, 5.74) is 0.375. The predicted octanol–water partition coefficient (Wildman–Crippen LogP) is 3.52. The Hall–Kier alpha value is -1.75. The van der Waals surface area contributed by atoms with E-state index in [9.17, 15) is 9.90 Å². The Morgan fingerprint density at radius 3 is 2.52 bits per heavy atom. The number of piperidine rings is 1. The van der Waals surface area contributed by atoms with E-state index in [2.05, 4.69) is 0 Å². The molecule has 0 aliphatic carbocycles. The maximum atomic E-state index is 12.0. The fourth-order valence-electron chi connectivity index (χ4n) is 2.52. The topological polar surface area (TPSA) is 59.0 Å². The molecule has 1 aromatic carbocycles. The number of aliphatic hydroxyl groups excluding tert-OH is 1. The number of ether oxygens (including phenoxy) is 2. The summed E-state index contributed by atoms with van der Waals surface area (Å²) in [4.78, 5) is 13.8. The molecule has 0 spiro atoms. The van der Waals surface area contributed by atoms with Gasteiger partial charge in [0.2, 0.25) is 0 Å². The van der Waals surface area contributed by atoms with Gasteiger partial charge in [-0.15, -0.1) is 0 Å². The largest absolute Gasteiger partial charge is 0.490 e. The van der Waals surface area contributed by atoms with E-state index in [1.165, 1.54) is 0 Å². The lowest BCUT2D eigenvalue weighted by Gasteiger charge is -2.33. The second-order valence-corrected chi connectivity index (χ2v) is 7.03. The van der Waals surface area contributed by atoms with Crippen LogP contribution in [0.1, 0.15) is 52.2 Å². The van der Waals surface area contributed by atoms with E-state index in [1.54, 1.807) is 11.8 Å². The number of likely N-dealkylation sites (tertiary alicyclic amines) is 1. The lowest BCUT2D eigenvalue weighted by molar-refractivity contribution is 0.0126. The van der Waals surface area contributed by atoms with Gasteiger partial charge < -0.3 is 19.5 Å². The summed E-state index contributed by atoms with van der Waals surface area (Å²) < 4.78 is 11.4. The molecule has 1 aliphatic heterocycles. The summed E-state index contributed by atoms with van der Waals surface area (Å²) in [5.74, 6) is 0.763. The Labute approximate surface area is 138 Å². The van der Waals surface area contributed by atoms with Gasteiger partial charge in [0.15, 0.2) is 0 Å². The molecule has 1 saturated heterocycles. The molecule has 128 valence electrons. The molecular formula is C18H27NO4. The summed E-state index contributed by atoms with van der Waals surface area (Å²) in [7, 11) is 0. The van der Waals surface area contributed by atoms with E-state index in [-0.39, 0.29) is 12.2 Å². The van der Waals surface area contributed by atoms with Crippen molar-refractivity contribution in [3.8, 4) is 5.75 Å². The summed E-state index contributed by atoms with van der Waals surface area (Å²) >= 11 is 0. The fourth-order valence-corrected chi connectivity index (χ4v) is 2.52. The van der Waals surface area contributed by atoms with Crippen molar-refractivity contribution in [2.75, 3.05) is 13.1 Å². The average Bonchev–Trinajstić information content (AvgIpc) is 2.46. The minimum absolute atomic E-state index is 0.0814. The predicted molar refractivity (Wildman–Crippen MR) is 88.5 cm³/mol. The highest BCUT2D eigenvalue weighted by Gasteiger charge is 2.27. The Morgan fingerprint density at radius 2 is 1.96 bits per heavy atom. The molecule has 1 heterocycles. The maximum absolute atomic E-state index is 12.0. The van der Waals surface area contributed by atoms with Crippen LogP contribution >= 0.6 is 0 Å². The van der Waals surface area contributed by atoms with Crippen LogP contribution in [0.3, 0.4) is 0 Å². The number of carbonyl (C=O) groups is 1. The van der Waals surface area contributed by atoms with Crippen LogP contribution in [-0.2, 0) is 4.74 Å². The van der Waals surface area contributed by atoms with Gasteiger partial charge in [-0.2, -0.15) is 0 Å². The highest BCUT2D eigenvalue weighted by Crippen LogP contribution is 2.23. The number of amides is 1. The van der Waals surface area contributed by atoms with Crippen LogP contribution in [0.2, 0.25) is 0 Å². The first-order valence-electron chi connectivity index (χ1n) is 8.17. The minimum Gasteiger partial charge on any atom is -0.490 e. The van der Waals surface area contributed by atoms with E-state index in [0.717, 1.165) is 24.2 Å². The molecule has 0 unspecified atom stereocenters. The molecule has 2 rings (SSSR count). The third-order valence-corrected chi connectivity index (χ3v) is 3.74. The standard InChI is InChI=1S/C18H27NO4/c1-13(20)14-6-5-7-16(12-14)22-15-8-10-19(11-9-15)17(21)23-18(2,3)4/h5-7,12-13,15,20H,8-11H2,1-4H3/t13-/m0/s1. The maximum Gasteiger partial charge on any atom is 0.410 e. The Balaban J connectivity index is 1.85. The van der Waals surface area contributed by atoms with E-state index in [1.807, 2.05) is 45.0 Å². The summed E-state index contributed by atoms with van der Waals surface area (Å²) in [6.45, 7) is 8.62. The number of aliphatic hydroxyl groups is 1. The third-order valence-electron chi connectivity index (χ3n) is 3.74. The molecule has 23 heavy (non-hydrogen) atoms. The van der Waals surface area contributed by atoms with Crippen LogP contribution in [0.25, 0.3) is 0 Å². The minimum atomic E-state index is -0.507. The van der Waals surface area contributed by atoms with Gasteiger partial charge in [-0.05, 0) is 45.4 Å². The van der Waals surface area contributed by atoms with E-state index < -0.39 is 11.7 Å². The van der Waals surface area contributed by atoms with Crippen molar-refractivity contribution in [1.82, 2.24) is 4.90 Å². The molecular weight excluding hydrogens is 294 g/mol. The highest BCUT2D eigenvalue weighted by atomic mass is 16.6. The van der Waals surface area contributed by atoms with Crippen molar-refractivity contribution >= 4 is 6.09 Å². The first-order valence-corrected chi connectivity index (χ1v) is 8.17. The van der Waals surface area contributed by atoms with Crippen molar-refractivity contribution < 1.29 is 19.4 Å². The number of hydrogen-bond acceptors (Lipinski definition) is 4. The smallest absolute Gasteiger partial charge is 0.410 e. The van der Waals surface area contributed by atoms with Crippen LogP contribution < -0.4 is 4.74 Å². The van der Waals surface area contributed by atoms with Gasteiger partial charge in [0.1, 0.15) is 17.5 Å². The first-order chi connectivity index (χ1) is 10.7. The van der Waals surface area contributed by atoms with E-state index in [4.69, 9.17) is 9.47 Å². The zero-order chi connectivity index (χ0) is 17.0. The lowest BCUT2D eigenvalue weighted by Crippen LogP contribution is -2.44. The number of benzene rings is 1. The SMILES string of the molecule is C[C@H](O)c1cccc(OC2CCN(C(=O)OC(C)(C)C)CC2)c1. The van der Waals surface area contributed by atoms with Crippen LogP contribution in [-0.4, -0.2) is 40.9 Å². The van der Waals surface area contributed by atoms with Crippen LogP contribution in [0, 0.1) is 0 Å². The van der Waals surface area contributed by atoms with Gasteiger partial charge in [0.05, 0.1) is 6.10 Å². The Kier molecular flexibility index (Phi) is 5.52. The molecule has 1 N–H and O–H groups in total. The molecule has 1 atom stereocenters. The molecule has 0 aromatic heterocycles. The quantitative estimate of drug-likeness (QED) is 0.925. The van der Waals surface area contributed by atoms with Gasteiger partial charge in [0.25, 0.3) is 0 Å². The van der Waals surface area contributed by atoms with Crippen molar-refractivity contribution in [1.29, 1.82) is 0 Å². The van der Waals surface area contributed by atoms with Crippen molar-refractivity contribution in [3.05, 3.63) is 29.8 Å². The van der Waals surface area contributed by atoms with Crippen molar-refractivity contribution in [2.24, 2.45) is 0 Å². The molecule has 5 nitrogen and oxygen atoms in total. The molecule has 0 saturated carbocycles. The Morgan fingerprint density at radius 1 is 1.30 bits per heavy atom. The lowest BCUT2D eigenvalue weighted by atomic mass is 10.1. The molecule has 5 heteroatoms. The average molecular weight is 321 g/mol. The zero-order valence-electron chi connectivity index (χ0n) is 14.4. The zero-order valence-corrected chi connectivity index (χ0v) is 14.4. The second kappa shape index (κ2) is 7.21. The van der Waals surface area contributed by atoms with E-state index in [0.29, 0.717) is 13.1 Å². The molecule has 0 radical (unpaired) electrons. The van der Waals surface area contributed by atoms with E-state index >= 15 is 0 Å². The van der Waals surface area contributed by atoms with Gasteiger partial charge in [-0.3, -0.25) is 0 Å². The number of nitrogens with zero attached hydrogens (tertiary/aromatic N) is 1. The number of rotatable bonds is 3. The fraction of sp³-hybridized carbons (Fsp3) is 0.611. The summed E-state index contributed by atoms with van der Waals surface area (Å²) in [6.07, 6.45) is 0.869. The van der Waals surface area contributed by atoms with Gasteiger partial charge in [0, 0.05) is 25.9 Å². The molecule has 1 aliphatic rings. The summed E-state index contributed by atoms with van der Waals surface area (Å²) in [6, 6.07) is 7.52. The second-order valence-electron chi connectivity index (χ2n) is 7.03. The molecule has 1 amide bonds. The summed E-state index contributed by atoms with van der Waals surface area (Å²) in [5, 5.41) is 9.63. The van der Waals surface area contributed by atoms with Gasteiger partial charge >= 0.3 is 6.09 Å². The van der Waals surface area contributed by atoms with Crippen LogP contribution in [0.5, 0.6) is 5.75 Å². The molecule has 1 fully saturated rings. The molecule has 0 bridgehead atoms. The van der Waals surface area contributed by atoms with Crippen molar-refractivity contribution in [2.45, 2.75) is 58.3 Å². The normalized spacial score (nSPS) is 17.7. The van der Waals surface area contributed by atoms with Gasteiger partial charge in [-0.25, -0.2) is 4.79 Å². The number of hydrogen-bond donors (Lipinski definition) is 1. The highest BCUT2D eigenvalue weighted by molar-refractivity contribution is 5.68. The van der Waals surface area contributed by atoms with Crippen LogP contribution in [0.4, 0.5) is 4.79 Å². The monoisotopic (exact) mass is 321 g/mol.